The van der Waals surface area contributed by atoms with Crippen molar-refractivity contribution in [2.24, 2.45) is 0 Å². The summed E-state index contributed by atoms with van der Waals surface area (Å²) in [5, 5.41) is 0. The van der Waals surface area contributed by atoms with E-state index in [0.717, 1.165) is 70.6 Å². The molecule has 0 amide bonds. The molecule has 0 aliphatic rings. The maximum atomic E-state index is 12.9. The van der Waals surface area contributed by atoms with Crippen molar-refractivity contribution in [2.75, 3.05) is 13.2 Å². The minimum atomic E-state index is -0.802. The highest BCUT2D eigenvalue weighted by Gasteiger charge is 2.19. The SMILES string of the molecule is CC/C=C\C/C=C\C/C=C\C/C=C\CCC(=O)OCC(COC(=O)CCCCCCCCCCCCCCC/C=C\C/C=C\CCCCCCC)OC(=O)CCCCCCCCCCCCCCCCCC. The lowest BCUT2D eigenvalue weighted by Gasteiger charge is -2.18. The van der Waals surface area contributed by atoms with Crippen LogP contribution in [-0.2, 0) is 28.6 Å². The van der Waals surface area contributed by atoms with E-state index >= 15 is 0 Å². The van der Waals surface area contributed by atoms with E-state index in [4.69, 9.17) is 14.2 Å². The van der Waals surface area contributed by atoms with Gasteiger partial charge in [0.05, 0.1) is 0 Å². The summed E-state index contributed by atoms with van der Waals surface area (Å²) < 4.78 is 16.8. The molecule has 0 bridgehead atoms. The molecule has 1 unspecified atom stereocenters. The first-order valence-electron chi connectivity index (χ1n) is 30.9. The van der Waals surface area contributed by atoms with Gasteiger partial charge in [0.15, 0.2) is 6.10 Å². The van der Waals surface area contributed by atoms with Crippen LogP contribution in [0.3, 0.4) is 0 Å². The highest BCUT2D eigenvalue weighted by molar-refractivity contribution is 5.71. The zero-order valence-electron chi connectivity index (χ0n) is 47.7. The first-order chi connectivity index (χ1) is 35.5. The van der Waals surface area contributed by atoms with E-state index in [1.54, 1.807) is 0 Å². The van der Waals surface area contributed by atoms with E-state index in [1.165, 1.54) is 193 Å². The Morgan fingerprint density at radius 1 is 0.292 bits per heavy atom. The quantitative estimate of drug-likeness (QED) is 0.0261. The van der Waals surface area contributed by atoms with E-state index in [0.29, 0.717) is 19.3 Å². The Hall–Kier alpha value is -3.15. The van der Waals surface area contributed by atoms with Gasteiger partial charge in [-0.1, -0.05) is 286 Å². The van der Waals surface area contributed by atoms with Crippen LogP contribution in [0.4, 0.5) is 0 Å². The number of unbranched alkanes of at least 4 members (excludes halogenated alkanes) is 33. The molecule has 0 aliphatic heterocycles. The molecule has 72 heavy (non-hydrogen) atoms. The molecule has 0 heterocycles. The van der Waals surface area contributed by atoms with Gasteiger partial charge in [0.2, 0.25) is 0 Å². The molecule has 1 atom stereocenters. The van der Waals surface area contributed by atoms with Crippen LogP contribution in [0, 0.1) is 0 Å². The summed E-state index contributed by atoms with van der Waals surface area (Å²) in [6.07, 6.45) is 77.8. The maximum absolute atomic E-state index is 12.9. The number of allylic oxidation sites excluding steroid dienone is 12. The molecule has 6 nitrogen and oxygen atoms in total. The van der Waals surface area contributed by atoms with Gasteiger partial charge >= 0.3 is 17.9 Å². The van der Waals surface area contributed by atoms with Crippen LogP contribution in [0.25, 0.3) is 0 Å². The van der Waals surface area contributed by atoms with Crippen molar-refractivity contribution in [2.45, 2.75) is 316 Å². The number of esters is 3. The highest BCUT2D eigenvalue weighted by Crippen LogP contribution is 2.17. The van der Waals surface area contributed by atoms with Gasteiger partial charge in [-0.05, 0) is 77.0 Å². The molecule has 0 aromatic heterocycles. The predicted molar refractivity (Wildman–Crippen MR) is 311 cm³/mol. The number of hydrogen-bond donors (Lipinski definition) is 0. The van der Waals surface area contributed by atoms with E-state index in [9.17, 15) is 14.4 Å². The third-order valence-corrected chi connectivity index (χ3v) is 13.5. The van der Waals surface area contributed by atoms with Gasteiger partial charge in [0.1, 0.15) is 13.2 Å². The van der Waals surface area contributed by atoms with Crippen LogP contribution in [0.5, 0.6) is 0 Å². The summed E-state index contributed by atoms with van der Waals surface area (Å²) in [7, 11) is 0. The van der Waals surface area contributed by atoms with Crippen molar-refractivity contribution in [3.05, 3.63) is 72.9 Å². The van der Waals surface area contributed by atoms with Gasteiger partial charge in [-0.2, -0.15) is 0 Å². The molecule has 0 aliphatic carbocycles. The fraction of sp³-hybridized carbons (Fsp3) is 0.773. The zero-order valence-corrected chi connectivity index (χ0v) is 47.7. The molecule has 0 aromatic carbocycles. The molecule has 0 fully saturated rings. The standard InChI is InChI=1S/C66H116O6/c1-4-7-10-13-16-19-22-25-27-29-30-31-32-33-34-35-36-37-39-41-44-47-50-53-56-59-65(68)71-62-63(61-70-64(67)58-55-52-49-46-43-40-24-21-18-15-12-9-6-3)72-66(69)60-57-54-51-48-45-42-38-28-26-23-20-17-14-11-8-5-2/h9,12,18,21-22,25,29-30,40,43,49,52,63H,4-8,10-11,13-17,19-20,23-24,26-28,31-39,41-42,44-48,50-51,53-62H2,1-3H3/b12-9-,21-18-,25-22-,30-29-,43-40-,52-49-. The number of carbonyl (C=O) groups excluding carboxylic acids is 3. The molecule has 6 heteroatoms. The highest BCUT2D eigenvalue weighted by atomic mass is 16.6. The Labute approximate surface area is 446 Å². The van der Waals surface area contributed by atoms with Gasteiger partial charge in [0, 0.05) is 19.3 Å². The van der Waals surface area contributed by atoms with Crippen LogP contribution in [0.15, 0.2) is 72.9 Å². The molecular weight excluding hydrogens is 889 g/mol. The van der Waals surface area contributed by atoms with Gasteiger partial charge in [-0.3, -0.25) is 14.4 Å². The topological polar surface area (TPSA) is 78.9 Å². The number of rotatable bonds is 56. The average Bonchev–Trinajstić information content (AvgIpc) is 3.38. The Balaban J connectivity index is 4.30. The summed E-state index contributed by atoms with van der Waals surface area (Å²) in [5.74, 6) is -0.967. The zero-order chi connectivity index (χ0) is 52.2. The van der Waals surface area contributed by atoms with Crippen molar-refractivity contribution in [3.63, 3.8) is 0 Å². The Morgan fingerprint density at radius 2 is 0.569 bits per heavy atom. The van der Waals surface area contributed by atoms with E-state index in [1.807, 2.05) is 6.08 Å². The lowest BCUT2D eigenvalue weighted by atomic mass is 10.0. The second-order valence-electron chi connectivity index (χ2n) is 20.6. The Bertz CT molecular complexity index is 1340. The molecule has 0 N–H and O–H groups in total. The lowest BCUT2D eigenvalue weighted by Crippen LogP contribution is -2.30. The van der Waals surface area contributed by atoms with Crippen LogP contribution in [-0.4, -0.2) is 37.2 Å². The fourth-order valence-electron chi connectivity index (χ4n) is 8.84. The van der Waals surface area contributed by atoms with Gasteiger partial charge in [-0.15, -0.1) is 0 Å². The maximum Gasteiger partial charge on any atom is 0.306 e. The van der Waals surface area contributed by atoms with Crippen LogP contribution >= 0.6 is 0 Å². The van der Waals surface area contributed by atoms with Gasteiger partial charge < -0.3 is 14.2 Å². The summed E-state index contributed by atoms with van der Waals surface area (Å²) in [5.41, 5.74) is 0. The normalized spacial score (nSPS) is 12.5. The minimum absolute atomic E-state index is 0.0948. The van der Waals surface area contributed by atoms with Gasteiger partial charge in [-0.25, -0.2) is 0 Å². The summed E-state index contributed by atoms with van der Waals surface area (Å²) >= 11 is 0. The van der Waals surface area contributed by atoms with Crippen LogP contribution < -0.4 is 0 Å². The summed E-state index contributed by atoms with van der Waals surface area (Å²) in [6.45, 7) is 6.48. The summed E-state index contributed by atoms with van der Waals surface area (Å²) in [4.78, 5) is 38.2. The van der Waals surface area contributed by atoms with Crippen molar-refractivity contribution < 1.29 is 28.6 Å². The molecule has 0 spiro atoms. The second kappa shape index (κ2) is 60.4. The summed E-state index contributed by atoms with van der Waals surface area (Å²) in [6, 6.07) is 0. The first kappa shape index (κ1) is 68.8. The molecular formula is C66H116O6. The molecule has 0 saturated heterocycles. The number of hydrogen-bond acceptors (Lipinski definition) is 6. The Morgan fingerprint density at radius 3 is 0.931 bits per heavy atom. The monoisotopic (exact) mass is 1000 g/mol. The third-order valence-electron chi connectivity index (χ3n) is 13.5. The van der Waals surface area contributed by atoms with Crippen LogP contribution in [0.1, 0.15) is 310 Å². The van der Waals surface area contributed by atoms with Gasteiger partial charge in [0.25, 0.3) is 0 Å². The van der Waals surface area contributed by atoms with E-state index < -0.39 is 6.10 Å². The van der Waals surface area contributed by atoms with Crippen molar-refractivity contribution in [1.82, 2.24) is 0 Å². The third kappa shape index (κ3) is 57.7. The van der Waals surface area contributed by atoms with Crippen molar-refractivity contribution in [1.29, 1.82) is 0 Å². The average molecular weight is 1010 g/mol. The molecule has 0 saturated carbocycles. The largest absolute Gasteiger partial charge is 0.462 e. The smallest absolute Gasteiger partial charge is 0.306 e. The number of ether oxygens (including phenoxy) is 3. The fourth-order valence-corrected chi connectivity index (χ4v) is 8.84. The Kier molecular flexibility index (Phi) is 57.8. The molecule has 0 radical (unpaired) electrons. The van der Waals surface area contributed by atoms with E-state index in [2.05, 4.69) is 87.6 Å². The van der Waals surface area contributed by atoms with E-state index in [-0.39, 0.29) is 37.5 Å². The predicted octanol–water partition coefficient (Wildman–Crippen LogP) is 20.9. The van der Waals surface area contributed by atoms with Crippen molar-refractivity contribution in [3.8, 4) is 0 Å². The second-order valence-corrected chi connectivity index (χ2v) is 20.6. The molecule has 0 aromatic rings. The number of carbonyl (C=O) groups is 3. The van der Waals surface area contributed by atoms with Crippen molar-refractivity contribution >= 4 is 17.9 Å². The van der Waals surface area contributed by atoms with Crippen LogP contribution in [0.2, 0.25) is 0 Å². The molecule has 416 valence electrons. The minimum Gasteiger partial charge on any atom is -0.462 e. The molecule has 0 rings (SSSR count). The lowest BCUT2D eigenvalue weighted by molar-refractivity contribution is -0.166. The first-order valence-corrected chi connectivity index (χ1v) is 30.9.